The van der Waals surface area contributed by atoms with Crippen molar-refractivity contribution in [3.63, 3.8) is 0 Å². The van der Waals surface area contributed by atoms with Gasteiger partial charge in [-0.25, -0.2) is 0 Å². The fourth-order valence-electron chi connectivity index (χ4n) is 1.30. The molecule has 0 N–H and O–H groups in total. The minimum Gasteiger partial charge on any atom is -0.399 e. The van der Waals surface area contributed by atoms with E-state index >= 15 is 0 Å². The van der Waals surface area contributed by atoms with Gasteiger partial charge in [-0.15, -0.1) is 0 Å². The third-order valence-electron chi connectivity index (χ3n) is 3.58. The van der Waals surface area contributed by atoms with Crippen molar-refractivity contribution in [2.45, 2.75) is 45.1 Å². The molecule has 1 fully saturated rings. The van der Waals surface area contributed by atoms with E-state index in [0.29, 0.717) is 6.61 Å². The largest absolute Gasteiger partial charge is 0.399 e. The highest BCUT2D eigenvalue weighted by atomic mass is 28.4. The lowest BCUT2D eigenvalue weighted by molar-refractivity contribution is -0.0856. The third-order valence-corrected chi connectivity index (χ3v) is 8.05. The van der Waals surface area contributed by atoms with Crippen LogP contribution in [0.2, 0.25) is 18.1 Å². The van der Waals surface area contributed by atoms with Crippen molar-refractivity contribution < 1.29 is 9.16 Å². The maximum atomic E-state index is 6.30. The second-order valence-electron chi connectivity index (χ2n) is 5.89. The Hall–Kier alpha value is 0.0969. The molecule has 90 valence electrons. The van der Waals surface area contributed by atoms with Gasteiger partial charge in [0.1, 0.15) is 6.23 Å². The maximum Gasteiger partial charge on any atom is 0.194 e. The highest BCUT2D eigenvalue weighted by Gasteiger charge is 2.40. The number of rotatable bonds is 2. The fourth-order valence-corrected chi connectivity index (χ4v) is 2.59. The molecule has 3 nitrogen and oxygen atoms in total. The van der Waals surface area contributed by atoms with Crippen LogP contribution in [-0.2, 0) is 9.16 Å². The summed E-state index contributed by atoms with van der Waals surface area (Å²) in [4.78, 5) is 2.25. The Kier molecular flexibility index (Phi) is 3.98. The second-order valence-corrected chi connectivity index (χ2v) is 10.6. The molecule has 0 spiro atoms. The van der Waals surface area contributed by atoms with Gasteiger partial charge in [-0.3, -0.25) is 4.90 Å². The van der Waals surface area contributed by atoms with Crippen LogP contribution in [0.3, 0.4) is 0 Å². The minimum atomic E-state index is -1.66. The summed E-state index contributed by atoms with van der Waals surface area (Å²) in [5.41, 5.74) is 0. The van der Waals surface area contributed by atoms with E-state index in [0.717, 1.165) is 13.2 Å². The summed E-state index contributed by atoms with van der Waals surface area (Å²) in [7, 11) is 0.456. The van der Waals surface area contributed by atoms with Crippen LogP contribution in [0.5, 0.6) is 0 Å². The molecule has 1 aliphatic heterocycles. The summed E-state index contributed by atoms with van der Waals surface area (Å²) in [6.45, 7) is 13.9. The van der Waals surface area contributed by atoms with Crippen molar-refractivity contribution in [1.29, 1.82) is 0 Å². The van der Waals surface area contributed by atoms with Gasteiger partial charge < -0.3 is 9.16 Å². The Morgan fingerprint density at radius 1 is 1.33 bits per heavy atom. The van der Waals surface area contributed by atoms with Crippen LogP contribution < -0.4 is 0 Å². The van der Waals surface area contributed by atoms with Crippen molar-refractivity contribution in [2.75, 3.05) is 26.8 Å². The molecular formula is C11H25NO2Si. The smallest absolute Gasteiger partial charge is 0.194 e. The van der Waals surface area contributed by atoms with Gasteiger partial charge in [-0.2, -0.15) is 0 Å². The highest BCUT2D eigenvalue weighted by Crippen LogP contribution is 2.37. The molecule has 0 saturated carbocycles. The lowest BCUT2D eigenvalue weighted by atomic mass is 10.2. The van der Waals surface area contributed by atoms with Crippen molar-refractivity contribution in [3.05, 3.63) is 0 Å². The van der Waals surface area contributed by atoms with Gasteiger partial charge in [0.15, 0.2) is 8.32 Å². The molecular weight excluding hydrogens is 206 g/mol. The molecule has 1 heterocycles. The van der Waals surface area contributed by atoms with Crippen LogP contribution in [0.1, 0.15) is 20.8 Å². The molecule has 1 saturated heterocycles. The summed E-state index contributed by atoms with van der Waals surface area (Å²) in [5, 5.41) is 0.269. The zero-order valence-corrected chi connectivity index (χ0v) is 12.0. The predicted octanol–water partition coefficient (Wildman–Crippen LogP) is 2.30. The van der Waals surface area contributed by atoms with Gasteiger partial charge in [0.05, 0.1) is 13.2 Å². The molecule has 4 heteroatoms. The zero-order chi connectivity index (χ0) is 11.7. The van der Waals surface area contributed by atoms with Crippen LogP contribution in [0.4, 0.5) is 0 Å². The Morgan fingerprint density at radius 3 is 2.40 bits per heavy atom. The summed E-state index contributed by atoms with van der Waals surface area (Å²) in [6.07, 6.45) is 0.152. The first kappa shape index (κ1) is 13.2. The molecule has 0 unspecified atom stereocenters. The van der Waals surface area contributed by atoms with Crippen molar-refractivity contribution in [3.8, 4) is 0 Å². The van der Waals surface area contributed by atoms with E-state index in [4.69, 9.17) is 9.16 Å². The zero-order valence-electron chi connectivity index (χ0n) is 11.0. The van der Waals surface area contributed by atoms with Gasteiger partial charge in [0.2, 0.25) is 0 Å². The topological polar surface area (TPSA) is 21.7 Å². The van der Waals surface area contributed by atoms with E-state index in [9.17, 15) is 0 Å². The lowest BCUT2D eigenvalue weighted by Gasteiger charge is -2.43. The van der Waals surface area contributed by atoms with Gasteiger partial charge in [0.25, 0.3) is 0 Å². The normalized spacial score (nSPS) is 25.6. The number of ether oxygens (including phenoxy) is 1. The molecule has 1 atom stereocenters. The van der Waals surface area contributed by atoms with E-state index < -0.39 is 8.32 Å². The fraction of sp³-hybridized carbons (Fsp3) is 1.00. The summed E-state index contributed by atoms with van der Waals surface area (Å²) in [6, 6.07) is 0. The first-order valence-electron chi connectivity index (χ1n) is 5.70. The quantitative estimate of drug-likeness (QED) is 0.681. The van der Waals surface area contributed by atoms with Crippen LogP contribution in [0.15, 0.2) is 0 Å². The predicted molar refractivity (Wildman–Crippen MR) is 65.5 cm³/mol. The van der Waals surface area contributed by atoms with Crippen LogP contribution in [-0.4, -0.2) is 46.3 Å². The molecule has 0 radical (unpaired) electrons. The van der Waals surface area contributed by atoms with Gasteiger partial charge in [-0.1, -0.05) is 20.8 Å². The van der Waals surface area contributed by atoms with Crippen LogP contribution in [0, 0.1) is 0 Å². The third kappa shape index (κ3) is 3.28. The first-order chi connectivity index (χ1) is 6.74. The SMILES string of the molecule is CN1CCOC[C@H]1O[Si](C)(C)C(C)(C)C. The molecule has 0 aromatic carbocycles. The number of hydrogen-bond donors (Lipinski definition) is 0. The van der Waals surface area contributed by atoms with Gasteiger partial charge in [0, 0.05) is 6.54 Å². The maximum absolute atomic E-state index is 6.30. The molecule has 0 aromatic heterocycles. The standard InChI is InChI=1S/C11H25NO2Si/c1-11(2,3)15(5,6)14-10-9-13-8-7-12(10)4/h10H,7-9H2,1-6H3/t10-/m1/s1. The monoisotopic (exact) mass is 231 g/mol. The average Bonchev–Trinajstić information content (AvgIpc) is 2.06. The summed E-state index contributed by atoms with van der Waals surface area (Å²) >= 11 is 0. The summed E-state index contributed by atoms with van der Waals surface area (Å²) in [5.74, 6) is 0. The van der Waals surface area contributed by atoms with E-state index in [2.05, 4.69) is 45.8 Å². The van der Waals surface area contributed by atoms with Crippen LogP contribution in [0.25, 0.3) is 0 Å². The van der Waals surface area contributed by atoms with Crippen molar-refractivity contribution >= 4 is 8.32 Å². The minimum absolute atomic E-state index is 0.152. The second kappa shape index (κ2) is 4.53. The Balaban J connectivity index is 2.59. The molecule has 1 aliphatic rings. The molecule has 0 aliphatic carbocycles. The Morgan fingerprint density at radius 2 is 1.93 bits per heavy atom. The molecule has 1 rings (SSSR count). The number of likely N-dealkylation sites (N-methyl/N-ethyl adjacent to an activating group) is 1. The number of hydrogen-bond acceptors (Lipinski definition) is 3. The highest BCUT2D eigenvalue weighted by molar-refractivity contribution is 6.74. The number of morpholine rings is 1. The summed E-state index contributed by atoms with van der Waals surface area (Å²) < 4.78 is 11.8. The molecule has 0 amide bonds. The Labute approximate surface area is 94.9 Å². The van der Waals surface area contributed by atoms with Gasteiger partial charge >= 0.3 is 0 Å². The average molecular weight is 231 g/mol. The van der Waals surface area contributed by atoms with Crippen LogP contribution >= 0.6 is 0 Å². The van der Waals surface area contributed by atoms with E-state index in [-0.39, 0.29) is 11.3 Å². The molecule has 0 aromatic rings. The molecule has 15 heavy (non-hydrogen) atoms. The van der Waals surface area contributed by atoms with Crippen molar-refractivity contribution in [2.24, 2.45) is 0 Å². The molecule has 0 bridgehead atoms. The number of nitrogens with zero attached hydrogens (tertiary/aromatic N) is 1. The van der Waals surface area contributed by atoms with Gasteiger partial charge in [-0.05, 0) is 25.2 Å². The van der Waals surface area contributed by atoms with E-state index in [1.54, 1.807) is 0 Å². The van der Waals surface area contributed by atoms with E-state index in [1.165, 1.54) is 0 Å². The Bertz CT molecular complexity index is 213. The van der Waals surface area contributed by atoms with Crippen molar-refractivity contribution in [1.82, 2.24) is 4.90 Å². The lowest BCUT2D eigenvalue weighted by Crippen LogP contribution is -2.52. The van der Waals surface area contributed by atoms with E-state index in [1.807, 2.05) is 0 Å². The first-order valence-corrected chi connectivity index (χ1v) is 8.61.